The Morgan fingerprint density at radius 3 is 2.04 bits per heavy atom. The number of hydrogen-bond donors (Lipinski definition) is 4. The van der Waals surface area contributed by atoms with Crippen LogP contribution in [-0.2, 0) is 19.6 Å². The summed E-state index contributed by atoms with van der Waals surface area (Å²) >= 11 is 0. The molecule has 2 amide bonds. The molecule has 6 aromatic carbocycles. The van der Waals surface area contributed by atoms with Gasteiger partial charge in [0.05, 0.1) is 11.1 Å². The number of carbonyl (C=O) groups excluding carboxylic acids is 2. The first kappa shape index (κ1) is 31.4. The summed E-state index contributed by atoms with van der Waals surface area (Å²) in [6.07, 6.45) is 0. The zero-order chi connectivity index (χ0) is 33.9. The minimum absolute atomic E-state index is 0.134. The van der Waals surface area contributed by atoms with E-state index in [-0.39, 0.29) is 12.5 Å². The number of H-pyrrole nitrogens is 1. The third kappa shape index (κ3) is 6.37. The molecule has 8 heteroatoms. The lowest BCUT2D eigenvalue weighted by atomic mass is 9.92. The second kappa shape index (κ2) is 13.5. The third-order valence-electron chi connectivity index (χ3n) is 8.83. The highest BCUT2D eigenvalue weighted by molar-refractivity contribution is 6.20. The quantitative estimate of drug-likeness (QED) is 0.120. The van der Waals surface area contributed by atoms with E-state index in [2.05, 4.69) is 57.7 Å². The van der Waals surface area contributed by atoms with Crippen molar-refractivity contribution >= 4 is 45.0 Å². The van der Waals surface area contributed by atoms with Crippen LogP contribution in [0.4, 0.5) is 15.8 Å². The van der Waals surface area contributed by atoms with Crippen LogP contribution in [0.25, 0.3) is 32.9 Å². The second-order valence-corrected chi connectivity index (χ2v) is 12.0. The number of carbonyl (C=O) groups is 2. The van der Waals surface area contributed by atoms with Gasteiger partial charge in [0.25, 0.3) is 11.8 Å². The molecule has 1 heterocycles. The van der Waals surface area contributed by atoms with Gasteiger partial charge in [0.2, 0.25) is 0 Å². The normalized spacial score (nSPS) is 11.1. The van der Waals surface area contributed by atoms with Crippen LogP contribution in [0, 0.1) is 5.82 Å². The van der Waals surface area contributed by atoms with Gasteiger partial charge < -0.3 is 26.7 Å². The molecule has 0 unspecified atom stereocenters. The van der Waals surface area contributed by atoms with Crippen LogP contribution in [0.5, 0.6) is 0 Å². The summed E-state index contributed by atoms with van der Waals surface area (Å²) in [6.45, 7) is 1.54. The van der Waals surface area contributed by atoms with Crippen LogP contribution in [0.2, 0.25) is 0 Å². The average Bonchev–Trinajstić information content (AvgIpc) is 3.51. The highest BCUT2D eigenvalue weighted by Gasteiger charge is 2.21. The summed E-state index contributed by atoms with van der Waals surface area (Å²) in [7, 11) is 0. The standard InChI is InChI=1S/C41H34FN5O2/c42-29-16-14-28(15-17-29)41(49)46-36-13-7-12-31(35(36)23-43)32-20-21-34(40(44)48)39-38(32)33-19-18-30(22-37(33)45-39)47(24-26-8-3-1-4-9-26)25-27-10-5-2-6-11-27/h1-22,45H,23-25,43H2,(H2,44,48)(H,46,49). The van der Waals surface area contributed by atoms with Gasteiger partial charge in [-0.1, -0.05) is 84.9 Å². The summed E-state index contributed by atoms with van der Waals surface area (Å²) in [5, 5.41) is 4.69. The Hall–Kier alpha value is -6.25. The summed E-state index contributed by atoms with van der Waals surface area (Å²) in [4.78, 5) is 31.6. The predicted octanol–water partition coefficient (Wildman–Crippen LogP) is 8.14. The lowest BCUT2D eigenvalue weighted by Crippen LogP contribution is -2.22. The minimum atomic E-state index is -0.544. The van der Waals surface area contributed by atoms with Gasteiger partial charge >= 0.3 is 0 Å². The van der Waals surface area contributed by atoms with Gasteiger partial charge in [0, 0.05) is 52.9 Å². The van der Waals surface area contributed by atoms with Crippen LogP contribution >= 0.6 is 0 Å². The number of hydrogen-bond acceptors (Lipinski definition) is 4. The van der Waals surface area contributed by atoms with Crippen LogP contribution < -0.4 is 21.7 Å². The molecule has 0 spiro atoms. The average molecular weight is 648 g/mol. The number of nitrogens with two attached hydrogens (primary N) is 2. The van der Waals surface area contributed by atoms with E-state index in [0.717, 1.165) is 33.1 Å². The fraction of sp³-hybridized carbons (Fsp3) is 0.0732. The number of anilines is 2. The number of primary amides is 1. The van der Waals surface area contributed by atoms with Crippen LogP contribution in [-0.4, -0.2) is 16.8 Å². The molecule has 49 heavy (non-hydrogen) atoms. The SMILES string of the molecule is NCc1c(NC(=O)c2ccc(F)cc2)cccc1-c1ccc(C(N)=O)c2[nH]c3cc(N(Cc4ccccc4)Cc4ccccc4)ccc3c12. The van der Waals surface area contributed by atoms with Crippen LogP contribution in [0.15, 0.2) is 133 Å². The van der Waals surface area contributed by atoms with Gasteiger partial charge in [-0.25, -0.2) is 4.39 Å². The topological polar surface area (TPSA) is 117 Å². The number of aromatic amines is 1. The molecular weight excluding hydrogens is 613 g/mol. The van der Waals surface area contributed by atoms with Crippen molar-refractivity contribution in [2.24, 2.45) is 11.5 Å². The molecule has 0 bridgehead atoms. The molecule has 7 rings (SSSR count). The third-order valence-corrected chi connectivity index (χ3v) is 8.83. The first-order chi connectivity index (χ1) is 23.9. The van der Waals surface area contributed by atoms with Crippen molar-refractivity contribution in [3.63, 3.8) is 0 Å². The first-order valence-corrected chi connectivity index (χ1v) is 16.0. The van der Waals surface area contributed by atoms with E-state index in [4.69, 9.17) is 11.5 Å². The van der Waals surface area contributed by atoms with Crippen molar-refractivity contribution in [2.75, 3.05) is 10.2 Å². The summed E-state index contributed by atoms with van der Waals surface area (Å²) in [5.41, 5.74) is 20.7. The molecule has 0 saturated heterocycles. The van der Waals surface area contributed by atoms with E-state index in [1.54, 1.807) is 12.1 Å². The smallest absolute Gasteiger partial charge is 0.255 e. The number of fused-ring (bicyclic) bond motifs is 3. The summed E-state index contributed by atoms with van der Waals surface area (Å²) in [5.74, 6) is -1.34. The molecule has 7 nitrogen and oxygen atoms in total. The van der Waals surface area contributed by atoms with Crippen LogP contribution in [0.3, 0.4) is 0 Å². The number of rotatable bonds is 10. The molecule has 0 aliphatic carbocycles. The number of aromatic nitrogens is 1. The maximum absolute atomic E-state index is 13.5. The Balaban J connectivity index is 1.34. The van der Waals surface area contributed by atoms with Crippen molar-refractivity contribution < 1.29 is 14.0 Å². The molecule has 6 N–H and O–H groups in total. The monoisotopic (exact) mass is 647 g/mol. The van der Waals surface area contributed by atoms with E-state index >= 15 is 0 Å². The Bertz CT molecular complexity index is 2260. The van der Waals surface area contributed by atoms with Crippen molar-refractivity contribution in [1.82, 2.24) is 4.98 Å². The van der Waals surface area contributed by atoms with Gasteiger partial charge in [-0.3, -0.25) is 9.59 Å². The van der Waals surface area contributed by atoms with Gasteiger partial charge in [-0.05, 0) is 76.3 Å². The first-order valence-electron chi connectivity index (χ1n) is 16.0. The molecule has 0 aliphatic rings. The molecular formula is C41H34FN5O2. The Labute approximate surface area is 283 Å². The maximum atomic E-state index is 13.5. The minimum Gasteiger partial charge on any atom is -0.366 e. The number of halogens is 1. The molecule has 242 valence electrons. The number of amides is 2. The van der Waals surface area contributed by atoms with Gasteiger partial charge in [0.15, 0.2) is 0 Å². The number of benzene rings is 6. The predicted molar refractivity (Wildman–Crippen MR) is 195 cm³/mol. The molecule has 0 radical (unpaired) electrons. The molecule has 1 aromatic heterocycles. The maximum Gasteiger partial charge on any atom is 0.255 e. The summed E-state index contributed by atoms with van der Waals surface area (Å²) < 4.78 is 13.5. The van der Waals surface area contributed by atoms with E-state index in [1.165, 1.54) is 35.4 Å². The zero-order valence-corrected chi connectivity index (χ0v) is 26.6. The lowest BCUT2D eigenvalue weighted by Gasteiger charge is -2.25. The van der Waals surface area contributed by atoms with Crippen molar-refractivity contribution in [3.05, 3.63) is 167 Å². The molecule has 0 atom stereocenters. The van der Waals surface area contributed by atoms with E-state index in [9.17, 15) is 14.0 Å². The second-order valence-electron chi connectivity index (χ2n) is 12.0. The Kier molecular flexibility index (Phi) is 8.62. The largest absolute Gasteiger partial charge is 0.366 e. The zero-order valence-electron chi connectivity index (χ0n) is 26.6. The fourth-order valence-corrected chi connectivity index (χ4v) is 6.45. The Morgan fingerprint density at radius 2 is 1.41 bits per heavy atom. The van der Waals surface area contributed by atoms with E-state index in [0.29, 0.717) is 41.0 Å². The molecule has 0 fully saturated rings. The lowest BCUT2D eigenvalue weighted by molar-refractivity contribution is 0.0998. The van der Waals surface area contributed by atoms with Crippen molar-refractivity contribution in [2.45, 2.75) is 19.6 Å². The van der Waals surface area contributed by atoms with Gasteiger partial charge in [-0.2, -0.15) is 0 Å². The van der Waals surface area contributed by atoms with Crippen molar-refractivity contribution in [1.29, 1.82) is 0 Å². The molecule has 0 aliphatic heterocycles. The van der Waals surface area contributed by atoms with E-state index < -0.39 is 11.7 Å². The highest BCUT2D eigenvalue weighted by Crippen LogP contribution is 2.40. The Morgan fingerprint density at radius 1 is 0.735 bits per heavy atom. The molecule has 0 saturated carbocycles. The van der Waals surface area contributed by atoms with Crippen LogP contribution in [0.1, 0.15) is 37.4 Å². The molecule has 7 aromatic rings. The van der Waals surface area contributed by atoms with Gasteiger partial charge in [-0.15, -0.1) is 0 Å². The van der Waals surface area contributed by atoms with E-state index in [1.807, 2.05) is 54.6 Å². The van der Waals surface area contributed by atoms with Crippen molar-refractivity contribution in [3.8, 4) is 11.1 Å². The highest BCUT2D eigenvalue weighted by atomic mass is 19.1. The number of nitrogens with zero attached hydrogens (tertiary/aromatic N) is 1. The summed E-state index contributed by atoms with van der Waals surface area (Å²) in [6, 6.07) is 41.5. The van der Waals surface area contributed by atoms with Gasteiger partial charge in [0.1, 0.15) is 5.82 Å². The fourth-order valence-electron chi connectivity index (χ4n) is 6.45. The number of nitrogens with one attached hydrogen (secondary N) is 2.